The van der Waals surface area contributed by atoms with Crippen molar-refractivity contribution in [3.63, 3.8) is 0 Å². The van der Waals surface area contributed by atoms with Crippen LogP contribution in [0.4, 0.5) is 0 Å². The minimum atomic E-state index is 0.156. The molecule has 0 aromatic rings. The molecule has 0 aliphatic heterocycles. The van der Waals surface area contributed by atoms with Gasteiger partial charge in [0.05, 0.1) is 0 Å². The van der Waals surface area contributed by atoms with Crippen molar-refractivity contribution in [1.29, 1.82) is 0 Å². The lowest BCUT2D eigenvalue weighted by Gasteiger charge is -2.19. The Morgan fingerprint density at radius 1 is 1.27 bits per heavy atom. The first-order valence-electron chi connectivity index (χ1n) is 6.13. The number of hydrogen-bond acceptors (Lipinski definition) is 2. The van der Waals surface area contributed by atoms with E-state index in [9.17, 15) is 4.79 Å². The lowest BCUT2D eigenvalue weighted by atomic mass is 10.1. The zero-order valence-electron chi connectivity index (χ0n) is 10.2. The van der Waals surface area contributed by atoms with Crippen LogP contribution in [0.5, 0.6) is 0 Å². The Morgan fingerprint density at radius 3 is 2.40 bits per heavy atom. The van der Waals surface area contributed by atoms with Gasteiger partial charge in [-0.05, 0) is 33.6 Å². The van der Waals surface area contributed by atoms with Crippen molar-refractivity contribution in [3.8, 4) is 0 Å². The summed E-state index contributed by atoms with van der Waals surface area (Å²) in [6.45, 7) is 6.08. The molecule has 3 nitrogen and oxygen atoms in total. The van der Waals surface area contributed by atoms with Crippen LogP contribution in [-0.4, -0.2) is 24.0 Å². The van der Waals surface area contributed by atoms with Gasteiger partial charge in [0.2, 0.25) is 5.91 Å². The molecule has 0 spiro atoms. The van der Waals surface area contributed by atoms with Crippen molar-refractivity contribution in [2.75, 3.05) is 0 Å². The molecule has 1 unspecified atom stereocenters. The molecule has 1 rings (SSSR count). The van der Waals surface area contributed by atoms with Gasteiger partial charge < -0.3 is 10.6 Å². The second-order valence-electron chi connectivity index (χ2n) is 4.98. The number of carbonyl (C=O) groups is 1. The summed E-state index contributed by atoms with van der Waals surface area (Å²) in [7, 11) is 0. The molecule has 1 aliphatic rings. The van der Waals surface area contributed by atoms with Gasteiger partial charge in [0.25, 0.3) is 0 Å². The first-order valence-corrected chi connectivity index (χ1v) is 6.13. The summed E-state index contributed by atoms with van der Waals surface area (Å²) in [6.07, 6.45) is 5.81. The molecule has 1 fully saturated rings. The van der Waals surface area contributed by atoms with E-state index >= 15 is 0 Å². The first-order chi connectivity index (χ1) is 7.08. The Kier molecular flexibility index (Phi) is 5.09. The van der Waals surface area contributed by atoms with Crippen LogP contribution in [0.15, 0.2) is 0 Å². The average molecular weight is 212 g/mol. The van der Waals surface area contributed by atoms with Crippen molar-refractivity contribution in [3.05, 3.63) is 0 Å². The van der Waals surface area contributed by atoms with Gasteiger partial charge in [0.1, 0.15) is 0 Å². The summed E-state index contributed by atoms with van der Waals surface area (Å²) in [4.78, 5) is 11.5. The lowest BCUT2D eigenvalue weighted by Crippen LogP contribution is -2.40. The quantitative estimate of drug-likeness (QED) is 0.730. The van der Waals surface area contributed by atoms with E-state index in [-0.39, 0.29) is 11.9 Å². The maximum atomic E-state index is 11.5. The summed E-state index contributed by atoms with van der Waals surface area (Å²) in [6, 6.07) is 1.19. The Morgan fingerprint density at radius 2 is 1.87 bits per heavy atom. The second kappa shape index (κ2) is 6.11. The molecule has 0 aromatic heterocycles. The smallest absolute Gasteiger partial charge is 0.221 e. The molecule has 15 heavy (non-hydrogen) atoms. The Bertz CT molecular complexity index is 198. The number of hydrogen-bond donors (Lipinski definition) is 2. The van der Waals surface area contributed by atoms with Crippen LogP contribution in [0.3, 0.4) is 0 Å². The molecule has 3 heteroatoms. The van der Waals surface area contributed by atoms with E-state index in [2.05, 4.69) is 17.6 Å². The maximum absolute atomic E-state index is 11.5. The first kappa shape index (κ1) is 12.5. The molecule has 1 aliphatic carbocycles. The highest BCUT2D eigenvalue weighted by Gasteiger charge is 2.18. The highest BCUT2D eigenvalue weighted by molar-refractivity contribution is 5.76. The van der Waals surface area contributed by atoms with Gasteiger partial charge in [-0.3, -0.25) is 4.79 Å². The van der Waals surface area contributed by atoms with Crippen LogP contribution in [-0.2, 0) is 4.79 Å². The maximum Gasteiger partial charge on any atom is 0.221 e. The lowest BCUT2D eigenvalue weighted by molar-refractivity contribution is -0.122. The molecule has 0 heterocycles. The minimum absolute atomic E-state index is 0.156. The van der Waals surface area contributed by atoms with E-state index in [1.54, 1.807) is 0 Å². The van der Waals surface area contributed by atoms with Crippen LogP contribution >= 0.6 is 0 Å². The number of carbonyl (C=O) groups excluding carboxylic acids is 1. The Hall–Kier alpha value is -0.570. The molecule has 0 aromatic carbocycles. The summed E-state index contributed by atoms with van der Waals surface area (Å²) >= 11 is 0. The van der Waals surface area contributed by atoms with Crippen molar-refractivity contribution < 1.29 is 4.79 Å². The Labute approximate surface area is 93.0 Å². The van der Waals surface area contributed by atoms with Crippen molar-refractivity contribution in [2.45, 2.75) is 71.0 Å². The predicted octanol–water partition coefficient (Wildman–Crippen LogP) is 1.82. The van der Waals surface area contributed by atoms with E-state index in [1.165, 1.54) is 25.7 Å². The minimum Gasteiger partial charge on any atom is -0.354 e. The van der Waals surface area contributed by atoms with Crippen LogP contribution in [0.2, 0.25) is 0 Å². The highest BCUT2D eigenvalue weighted by Crippen LogP contribution is 2.18. The third-order valence-corrected chi connectivity index (χ3v) is 2.82. The molecule has 0 saturated heterocycles. The van der Waals surface area contributed by atoms with E-state index in [0.29, 0.717) is 18.5 Å². The molecule has 0 radical (unpaired) electrons. The van der Waals surface area contributed by atoms with Crippen LogP contribution in [0, 0.1) is 0 Å². The molecule has 1 atom stereocenters. The van der Waals surface area contributed by atoms with E-state index in [4.69, 9.17) is 0 Å². The predicted molar refractivity (Wildman–Crippen MR) is 62.7 cm³/mol. The molecule has 1 amide bonds. The van der Waals surface area contributed by atoms with Gasteiger partial charge >= 0.3 is 0 Å². The van der Waals surface area contributed by atoms with Crippen molar-refractivity contribution in [1.82, 2.24) is 10.6 Å². The number of amides is 1. The third kappa shape index (κ3) is 5.17. The molecule has 0 bridgehead atoms. The summed E-state index contributed by atoms with van der Waals surface area (Å²) < 4.78 is 0. The van der Waals surface area contributed by atoms with Gasteiger partial charge in [-0.1, -0.05) is 12.8 Å². The van der Waals surface area contributed by atoms with Gasteiger partial charge in [0.15, 0.2) is 0 Å². The Balaban J connectivity index is 2.16. The summed E-state index contributed by atoms with van der Waals surface area (Å²) in [5.41, 5.74) is 0. The summed E-state index contributed by atoms with van der Waals surface area (Å²) in [5, 5.41) is 6.44. The van der Waals surface area contributed by atoms with E-state index in [1.807, 2.05) is 13.8 Å². The fourth-order valence-corrected chi connectivity index (χ4v) is 2.21. The van der Waals surface area contributed by atoms with Crippen molar-refractivity contribution in [2.24, 2.45) is 0 Å². The summed E-state index contributed by atoms with van der Waals surface area (Å²) in [5.74, 6) is 0.156. The van der Waals surface area contributed by atoms with Crippen LogP contribution in [0.1, 0.15) is 52.9 Å². The fourth-order valence-electron chi connectivity index (χ4n) is 2.21. The van der Waals surface area contributed by atoms with Gasteiger partial charge in [-0.25, -0.2) is 0 Å². The monoisotopic (exact) mass is 212 g/mol. The topological polar surface area (TPSA) is 41.1 Å². The third-order valence-electron chi connectivity index (χ3n) is 2.82. The van der Waals surface area contributed by atoms with Crippen LogP contribution in [0.25, 0.3) is 0 Å². The molecule has 1 saturated carbocycles. The standard InChI is InChI=1S/C12H24N2O/c1-9(2)13-12(15)8-10(3)14-11-6-4-5-7-11/h9-11,14H,4-8H2,1-3H3,(H,13,15). The van der Waals surface area contributed by atoms with E-state index < -0.39 is 0 Å². The average Bonchev–Trinajstić information content (AvgIpc) is 2.53. The van der Waals surface area contributed by atoms with E-state index in [0.717, 1.165) is 0 Å². The van der Waals surface area contributed by atoms with Gasteiger partial charge in [0, 0.05) is 24.5 Å². The molecular formula is C12H24N2O. The normalized spacial score (nSPS) is 19.5. The molecule has 88 valence electrons. The highest BCUT2D eigenvalue weighted by atomic mass is 16.1. The zero-order chi connectivity index (χ0) is 11.3. The largest absolute Gasteiger partial charge is 0.354 e. The molecule has 2 N–H and O–H groups in total. The van der Waals surface area contributed by atoms with Gasteiger partial charge in [-0.2, -0.15) is 0 Å². The number of nitrogens with one attached hydrogen (secondary N) is 2. The zero-order valence-corrected chi connectivity index (χ0v) is 10.2. The second-order valence-corrected chi connectivity index (χ2v) is 4.98. The van der Waals surface area contributed by atoms with Crippen molar-refractivity contribution >= 4 is 5.91 Å². The number of rotatable bonds is 5. The SMILES string of the molecule is CC(C)NC(=O)CC(C)NC1CCCC1. The molecular weight excluding hydrogens is 188 g/mol. The van der Waals surface area contributed by atoms with Crippen LogP contribution < -0.4 is 10.6 Å². The van der Waals surface area contributed by atoms with Gasteiger partial charge in [-0.15, -0.1) is 0 Å². The fraction of sp³-hybridized carbons (Fsp3) is 0.917.